The third-order valence-corrected chi connectivity index (χ3v) is 9.72. The monoisotopic (exact) mass is 651 g/mol. The Morgan fingerprint density at radius 2 is 1.48 bits per heavy atom. The molecular formula is C34H35Cl2N3O4S. The Hall–Kier alpha value is -3.85. The van der Waals surface area contributed by atoms with Crippen molar-refractivity contribution in [3.63, 3.8) is 0 Å². The number of likely N-dealkylation sites (N-methyl/N-ethyl adjacent to an activating group) is 1. The molecule has 0 bridgehead atoms. The Labute approximate surface area is 269 Å². The topological polar surface area (TPSA) is 86.8 Å². The predicted molar refractivity (Wildman–Crippen MR) is 177 cm³/mol. The van der Waals surface area contributed by atoms with Gasteiger partial charge in [0.1, 0.15) is 12.6 Å². The average Bonchev–Trinajstić information content (AvgIpc) is 3.01. The highest BCUT2D eigenvalue weighted by atomic mass is 35.5. The summed E-state index contributed by atoms with van der Waals surface area (Å²) in [6.07, 6.45) is 0.229. The van der Waals surface area contributed by atoms with E-state index in [2.05, 4.69) is 5.32 Å². The van der Waals surface area contributed by atoms with Crippen LogP contribution >= 0.6 is 23.2 Å². The lowest BCUT2D eigenvalue weighted by Crippen LogP contribution is -2.53. The lowest BCUT2D eigenvalue weighted by molar-refractivity contribution is -0.140. The molecule has 0 aliphatic carbocycles. The van der Waals surface area contributed by atoms with E-state index in [1.54, 1.807) is 68.4 Å². The fourth-order valence-corrected chi connectivity index (χ4v) is 6.62. The molecule has 44 heavy (non-hydrogen) atoms. The molecule has 0 unspecified atom stereocenters. The zero-order chi connectivity index (χ0) is 31.9. The van der Waals surface area contributed by atoms with Gasteiger partial charge >= 0.3 is 0 Å². The molecule has 4 aromatic carbocycles. The number of carbonyl (C=O) groups is 2. The fourth-order valence-electron chi connectivity index (χ4n) is 4.85. The van der Waals surface area contributed by atoms with Crippen molar-refractivity contribution in [1.82, 2.24) is 10.2 Å². The Morgan fingerprint density at radius 1 is 0.818 bits per heavy atom. The van der Waals surface area contributed by atoms with Gasteiger partial charge in [-0.25, -0.2) is 8.42 Å². The molecule has 4 aromatic rings. The van der Waals surface area contributed by atoms with E-state index in [4.69, 9.17) is 23.2 Å². The van der Waals surface area contributed by atoms with Gasteiger partial charge in [-0.05, 0) is 73.9 Å². The standard InChI is InChI=1S/C34H35Cl2N3O4S/c1-4-37-34(41)32(21-26-9-6-5-7-10-26)38(22-27-15-17-28(35)18-16-27)33(40)23-39(31-12-8-11-30(36)25(31)3)44(42,43)29-19-13-24(2)14-20-29/h5-20,32H,4,21-23H2,1-3H3,(H,37,41)/t32-/m0/s1. The van der Waals surface area contributed by atoms with Gasteiger partial charge in [-0.2, -0.15) is 0 Å². The molecule has 10 heteroatoms. The van der Waals surface area contributed by atoms with E-state index in [9.17, 15) is 18.0 Å². The van der Waals surface area contributed by atoms with Gasteiger partial charge in [0.05, 0.1) is 10.6 Å². The number of hydrogen-bond donors (Lipinski definition) is 1. The van der Waals surface area contributed by atoms with Crippen molar-refractivity contribution >= 4 is 50.7 Å². The van der Waals surface area contributed by atoms with Gasteiger partial charge in [-0.1, -0.05) is 89.4 Å². The second-order valence-corrected chi connectivity index (χ2v) is 13.2. The highest BCUT2D eigenvalue weighted by Crippen LogP contribution is 2.31. The van der Waals surface area contributed by atoms with E-state index in [1.165, 1.54) is 17.0 Å². The number of hydrogen-bond acceptors (Lipinski definition) is 4. The summed E-state index contributed by atoms with van der Waals surface area (Å²) in [6, 6.07) is 26.8. The minimum Gasteiger partial charge on any atom is -0.355 e. The average molecular weight is 653 g/mol. The van der Waals surface area contributed by atoms with Crippen molar-refractivity contribution in [1.29, 1.82) is 0 Å². The van der Waals surface area contributed by atoms with Crippen LogP contribution in [0.3, 0.4) is 0 Å². The number of anilines is 1. The first kappa shape index (κ1) is 33.1. The molecule has 4 rings (SSSR count). The molecule has 0 heterocycles. The Balaban J connectivity index is 1.82. The normalized spacial score (nSPS) is 11.9. The third kappa shape index (κ3) is 8.00. The van der Waals surface area contributed by atoms with Crippen LogP contribution in [0.1, 0.15) is 29.2 Å². The molecular weight excluding hydrogens is 617 g/mol. The molecule has 230 valence electrons. The van der Waals surface area contributed by atoms with Crippen LogP contribution in [0.2, 0.25) is 10.0 Å². The first-order valence-corrected chi connectivity index (χ1v) is 16.4. The van der Waals surface area contributed by atoms with Crippen molar-refractivity contribution in [2.45, 2.75) is 44.7 Å². The van der Waals surface area contributed by atoms with Gasteiger partial charge in [-0.15, -0.1) is 0 Å². The van der Waals surface area contributed by atoms with Crippen molar-refractivity contribution in [2.24, 2.45) is 0 Å². The van der Waals surface area contributed by atoms with Gasteiger partial charge in [0.25, 0.3) is 10.0 Å². The summed E-state index contributed by atoms with van der Waals surface area (Å²) in [5.74, 6) is -0.896. The van der Waals surface area contributed by atoms with Gasteiger partial charge in [0, 0.05) is 29.6 Å². The zero-order valence-corrected chi connectivity index (χ0v) is 27.2. The van der Waals surface area contributed by atoms with Gasteiger partial charge in [-0.3, -0.25) is 13.9 Å². The van der Waals surface area contributed by atoms with Crippen LogP contribution in [0, 0.1) is 13.8 Å². The number of amides is 2. The van der Waals surface area contributed by atoms with Gasteiger partial charge in [0.2, 0.25) is 11.8 Å². The molecule has 0 aliphatic rings. The molecule has 0 saturated heterocycles. The van der Waals surface area contributed by atoms with E-state index >= 15 is 0 Å². The van der Waals surface area contributed by atoms with E-state index in [-0.39, 0.29) is 29.5 Å². The minimum absolute atomic E-state index is 0.0316. The van der Waals surface area contributed by atoms with Gasteiger partial charge < -0.3 is 10.2 Å². The van der Waals surface area contributed by atoms with Crippen LogP contribution in [0.5, 0.6) is 0 Å². The summed E-state index contributed by atoms with van der Waals surface area (Å²) in [6.45, 7) is 5.23. The van der Waals surface area contributed by atoms with Crippen molar-refractivity contribution in [3.05, 3.63) is 129 Å². The molecule has 2 amide bonds. The molecule has 7 nitrogen and oxygen atoms in total. The summed E-state index contributed by atoms with van der Waals surface area (Å²) in [5.41, 5.74) is 3.26. The van der Waals surface area contributed by atoms with Crippen LogP contribution < -0.4 is 9.62 Å². The quantitative estimate of drug-likeness (QED) is 0.187. The maximum atomic E-state index is 14.4. The summed E-state index contributed by atoms with van der Waals surface area (Å²) in [5, 5.41) is 3.75. The number of sulfonamides is 1. The van der Waals surface area contributed by atoms with E-state index in [0.717, 1.165) is 21.0 Å². The largest absolute Gasteiger partial charge is 0.355 e. The zero-order valence-electron chi connectivity index (χ0n) is 24.8. The number of aryl methyl sites for hydroxylation is 1. The minimum atomic E-state index is -4.22. The summed E-state index contributed by atoms with van der Waals surface area (Å²) >= 11 is 12.6. The molecule has 0 saturated carbocycles. The molecule has 0 spiro atoms. The Bertz CT molecular complexity index is 1700. The van der Waals surface area contributed by atoms with E-state index in [0.29, 0.717) is 22.2 Å². The van der Waals surface area contributed by atoms with Crippen LogP contribution in [0.25, 0.3) is 0 Å². The highest BCUT2D eigenvalue weighted by molar-refractivity contribution is 7.92. The molecule has 0 aliphatic heterocycles. The second kappa shape index (κ2) is 14.8. The van der Waals surface area contributed by atoms with Crippen molar-refractivity contribution in [3.8, 4) is 0 Å². The van der Waals surface area contributed by atoms with Crippen LogP contribution in [0.15, 0.2) is 102 Å². The lowest BCUT2D eigenvalue weighted by atomic mass is 10.0. The second-order valence-electron chi connectivity index (χ2n) is 10.5. The maximum Gasteiger partial charge on any atom is 0.264 e. The lowest BCUT2D eigenvalue weighted by Gasteiger charge is -2.34. The fraction of sp³-hybridized carbons (Fsp3) is 0.235. The number of halogens is 2. The molecule has 1 N–H and O–H groups in total. The third-order valence-electron chi connectivity index (χ3n) is 7.28. The van der Waals surface area contributed by atoms with Crippen LogP contribution in [0.4, 0.5) is 5.69 Å². The smallest absolute Gasteiger partial charge is 0.264 e. The van der Waals surface area contributed by atoms with Crippen molar-refractivity contribution in [2.75, 3.05) is 17.4 Å². The van der Waals surface area contributed by atoms with Crippen LogP contribution in [-0.2, 0) is 32.6 Å². The number of carbonyl (C=O) groups excluding carboxylic acids is 2. The summed E-state index contributed by atoms with van der Waals surface area (Å²) < 4.78 is 29.4. The first-order chi connectivity index (χ1) is 21.0. The van der Waals surface area contributed by atoms with Crippen LogP contribution in [-0.4, -0.2) is 44.3 Å². The SMILES string of the molecule is CCNC(=O)[C@H](Cc1ccccc1)N(Cc1ccc(Cl)cc1)C(=O)CN(c1cccc(Cl)c1C)S(=O)(=O)c1ccc(C)cc1. The Morgan fingerprint density at radius 3 is 2.11 bits per heavy atom. The molecule has 0 radical (unpaired) electrons. The van der Waals surface area contributed by atoms with E-state index in [1.807, 2.05) is 37.3 Å². The summed E-state index contributed by atoms with van der Waals surface area (Å²) in [4.78, 5) is 29.5. The Kier molecular flexibility index (Phi) is 11.1. The molecule has 1 atom stereocenters. The van der Waals surface area contributed by atoms with Crippen molar-refractivity contribution < 1.29 is 18.0 Å². The molecule has 0 aromatic heterocycles. The number of benzene rings is 4. The number of nitrogens with one attached hydrogen (secondary N) is 1. The highest BCUT2D eigenvalue weighted by Gasteiger charge is 2.35. The number of nitrogens with zero attached hydrogens (tertiary/aromatic N) is 2. The first-order valence-electron chi connectivity index (χ1n) is 14.2. The van der Waals surface area contributed by atoms with E-state index < -0.39 is 28.5 Å². The molecule has 0 fully saturated rings. The number of rotatable bonds is 12. The summed E-state index contributed by atoms with van der Waals surface area (Å²) in [7, 11) is -4.22. The maximum absolute atomic E-state index is 14.4. The van der Waals surface area contributed by atoms with Gasteiger partial charge in [0.15, 0.2) is 0 Å². The predicted octanol–water partition coefficient (Wildman–Crippen LogP) is 6.58.